The van der Waals surface area contributed by atoms with Gasteiger partial charge in [0, 0.05) is 23.4 Å². The number of sulfonamides is 1. The number of nitrogens with zero attached hydrogens (tertiary/aromatic N) is 2. The number of aliphatic carboxylic acids is 1. The molecule has 1 aliphatic heterocycles. The number of carbonyl (C=O) groups excluding carboxylic acids is 1. The molecule has 5 rings (SSSR count). The molecule has 1 aliphatic rings. The number of carboxylic acid groups (broad SMARTS) is 1. The van der Waals surface area contributed by atoms with E-state index in [1.165, 1.54) is 23.1 Å². The molecule has 0 radical (unpaired) electrons. The number of amides is 1. The summed E-state index contributed by atoms with van der Waals surface area (Å²) in [6.07, 6.45) is 1.61. The van der Waals surface area contributed by atoms with Crippen molar-refractivity contribution in [2.45, 2.75) is 28.7 Å². The number of halogens is 2. The van der Waals surface area contributed by atoms with Gasteiger partial charge >= 0.3 is 5.97 Å². The second-order valence-corrected chi connectivity index (χ2v) is 14.9. The number of benzene rings is 4. The third-order valence-corrected chi connectivity index (χ3v) is 10.8. The predicted octanol–water partition coefficient (Wildman–Crippen LogP) is 5.49. The van der Waals surface area contributed by atoms with Crippen molar-refractivity contribution in [2.75, 3.05) is 24.2 Å². The van der Waals surface area contributed by atoms with Crippen LogP contribution in [0.4, 0.5) is 5.69 Å². The molecule has 0 bridgehead atoms. The maximum Gasteiger partial charge on any atom is 0.318 e. The molecule has 1 atom stereocenters. The molecular formula is C30H26Cl2N2O7S2. The van der Waals surface area contributed by atoms with Crippen molar-refractivity contribution < 1.29 is 31.5 Å². The Hall–Kier alpha value is -3.48. The van der Waals surface area contributed by atoms with Crippen molar-refractivity contribution in [3.63, 3.8) is 0 Å². The summed E-state index contributed by atoms with van der Waals surface area (Å²) >= 11 is 12.7. The summed E-state index contributed by atoms with van der Waals surface area (Å²) in [6, 6.07) is 19.2. The zero-order valence-corrected chi connectivity index (χ0v) is 25.9. The van der Waals surface area contributed by atoms with Crippen LogP contribution in [0.15, 0.2) is 88.7 Å². The number of anilines is 1. The summed E-state index contributed by atoms with van der Waals surface area (Å²) in [4.78, 5) is 27.0. The van der Waals surface area contributed by atoms with Gasteiger partial charge in [0.2, 0.25) is 15.9 Å². The molecule has 0 aliphatic carbocycles. The Morgan fingerprint density at radius 1 is 0.953 bits per heavy atom. The maximum atomic E-state index is 13.8. The number of hydrogen-bond acceptors (Lipinski definition) is 6. The van der Waals surface area contributed by atoms with Gasteiger partial charge in [0.05, 0.1) is 20.5 Å². The van der Waals surface area contributed by atoms with Crippen molar-refractivity contribution in [3.8, 4) is 11.1 Å². The summed E-state index contributed by atoms with van der Waals surface area (Å²) in [7, 11) is -7.96. The van der Waals surface area contributed by atoms with E-state index in [-0.39, 0.29) is 27.8 Å². The summed E-state index contributed by atoms with van der Waals surface area (Å²) in [6.45, 7) is -0.688. The van der Waals surface area contributed by atoms with Crippen molar-refractivity contribution in [1.82, 2.24) is 4.31 Å². The van der Waals surface area contributed by atoms with Gasteiger partial charge in [0.1, 0.15) is 12.6 Å². The fraction of sp³-hybridized carbons (Fsp3) is 0.200. The zero-order valence-electron chi connectivity index (χ0n) is 22.8. The van der Waals surface area contributed by atoms with Crippen molar-refractivity contribution in [1.29, 1.82) is 0 Å². The number of sulfone groups is 1. The van der Waals surface area contributed by atoms with E-state index in [2.05, 4.69) is 0 Å². The van der Waals surface area contributed by atoms with E-state index in [1.807, 2.05) is 0 Å². The highest BCUT2D eigenvalue weighted by molar-refractivity contribution is 7.90. The van der Waals surface area contributed by atoms with E-state index in [9.17, 15) is 31.5 Å². The lowest BCUT2D eigenvalue weighted by Crippen LogP contribution is -2.55. The molecule has 4 aromatic carbocycles. The Balaban J connectivity index is 1.50. The molecule has 1 fully saturated rings. The zero-order chi connectivity index (χ0) is 31.1. The Labute approximate surface area is 259 Å². The van der Waals surface area contributed by atoms with Crippen molar-refractivity contribution in [2.24, 2.45) is 0 Å². The molecule has 43 heavy (non-hydrogen) atoms. The molecule has 4 aromatic rings. The van der Waals surface area contributed by atoms with E-state index >= 15 is 0 Å². The number of rotatable bonds is 8. The standard InChI is InChI=1S/C30H26Cl2N2O7S2/c1-42(38,39)28-7-3-2-5-24(28)21-10-13-26(25(32)17-21)33-14-4-6-27(30(33)37)34(18-29(35)36)43(40,41)23-12-9-19-15-22(31)11-8-20(19)16-23/h2-3,5,7-13,15-17,27H,4,6,14,18H2,1H3,(H,35,36). The average molecular weight is 662 g/mol. The molecule has 1 amide bonds. The van der Waals surface area contributed by atoms with Gasteiger partial charge in [-0.3, -0.25) is 9.59 Å². The average Bonchev–Trinajstić information content (AvgIpc) is 2.95. The van der Waals surface area contributed by atoms with Gasteiger partial charge in [-0.2, -0.15) is 4.31 Å². The van der Waals surface area contributed by atoms with Crippen molar-refractivity contribution in [3.05, 3.63) is 88.9 Å². The van der Waals surface area contributed by atoms with Crippen LogP contribution in [-0.2, 0) is 29.4 Å². The van der Waals surface area contributed by atoms with Gasteiger partial charge in [0.25, 0.3) is 0 Å². The molecule has 1 heterocycles. The van der Waals surface area contributed by atoms with Crippen LogP contribution in [0.2, 0.25) is 10.0 Å². The van der Waals surface area contributed by atoms with E-state index in [0.29, 0.717) is 39.0 Å². The Morgan fingerprint density at radius 2 is 1.65 bits per heavy atom. The minimum Gasteiger partial charge on any atom is -0.480 e. The fourth-order valence-corrected chi connectivity index (χ4v) is 8.24. The van der Waals surface area contributed by atoms with E-state index in [1.54, 1.807) is 60.7 Å². The topological polar surface area (TPSA) is 129 Å². The lowest BCUT2D eigenvalue weighted by Gasteiger charge is -2.37. The summed E-state index contributed by atoms with van der Waals surface area (Å²) in [5.74, 6) is -2.03. The molecule has 1 N–H and O–H groups in total. The normalized spacial score (nSPS) is 16.1. The van der Waals surface area contributed by atoms with Gasteiger partial charge in [-0.05, 0) is 71.6 Å². The first-order valence-corrected chi connectivity index (χ1v) is 17.2. The van der Waals surface area contributed by atoms with Gasteiger partial charge in [-0.25, -0.2) is 16.8 Å². The Morgan fingerprint density at radius 3 is 2.35 bits per heavy atom. The molecule has 224 valence electrons. The second-order valence-electron chi connectivity index (χ2n) is 10.2. The largest absolute Gasteiger partial charge is 0.480 e. The van der Waals surface area contributed by atoms with Crippen LogP contribution < -0.4 is 4.90 Å². The van der Waals surface area contributed by atoms with Crippen LogP contribution in [0, 0.1) is 0 Å². The van der Waals surface area contributed by atoms with Crippen LogP contribution in [-0.4, -0.2) is 63.5 Å². The summed E-state index contributed by atoms with van der Waals surface area (Å²) < 4.78 is 53.0. The minimum atomic E-state index is -4.43. The van der Waals surface area contributed by atoms with Crippen LogP contribution in [0.3, 0.4) is 0 Å². The fourth-order valence-electron chi connectivity index (χ4n) is 5.27. The monoisotopic (exact) mass is 660 g/mol. The van der Waals surface area contributed by atoms with Crippen molar-refractivity contribution >= 4 is 71.4 Å². The molecule has 13 heteroatoms. The molecule has 0 aromatic heterocycles. The highest BCUT2D eigenvalue weighted by Gasteiger charge is 2.42. The first-order chi connectivity index (χ1) is 20.3. The van der Waals surface area contributed by atoms with E-state index < -0.39 is 44.3 Å². The maximum absolute atomic E-state index is 13.8. The van der Waals surface area contributed by atoms with Crippen LogP contribution in [0.5, 0.6) is 0 Å². The summed E-state index contributed by atoms with van der Waals surface area (Å²) in [5, 5.41) is 11.6. The van der Waals surface area contributed by atoms with Gasteiger partial charge in [-0.15, -0.1) is 0 Å². The minimum absolute atomic E-state index is 0.114. The quantitative estimate of drug-likeness (QED) is 0.265. The molecule has 1 unspecified atom stereocenters. The molecule has 9 nitrogen and oxygen atoms in total. The lowest BCUT2D eigenvalue weighted by atomic mass is 10.0. The smallest absolute Gasteiger partial charge is 0.318 e. The van der Waals surface area contributed by atoms with Gasteiger partial charge < -0.3 is 10.0 Å². The van der Waals surface area contributed by atoms with Gasteiger partial charge in [0.15, 0.2) is 9.84 Å². The highest BCUT2D eigenvalue weighted by atomic mass is 35.5. The van der Waals surface area contributed by atoms with Crippen LogP contribution >= 0.6 is 23.2 Å². The van der Waals surface area contributed by atoms with Crippen LogP contribution in [0.1, 0.15) is 12.8 Å². The van der Waals surface area contributed by atoms with E-state index in [0.717, 1.165) is 10.6 Å². The SMILES string of the molecule is CS(=O)(=O)c1ccccc1-c1ccc(N2CCCC(N(CC(=O)O)S(=O)(=O)c3ccc4cc(Cl)ccc4c3)C2=O)c(Cl)c1. The molecule has 1 saturated heterocycles. The third kappa shape index (κ3) is 6.27. The molecule has 0 spiro atoms. The van der Waals surface area contributed by atoms with E-state index in [4.69, 9.17) is 23.2 Å². The van der Waals surface area contributed by atoms with Crippen LogP contribution in [0.25, 0.3) is 21.9 Å². The molecular weight excluding hydrogens is 635 g/mol. The number of piperidine rings is 1. The number of carboxylic acids is 1. The second kappa shape index (κ2) is 11.9. The highest BCUT2D eigenvalue weighted by Crippen LogP contribution is 2.36. The predicted molar refractivity (Wildman–Crippen MR) is 166 cm³/mol. The summed E-state index contributed by atoms with van der Waals surface area (Å²) in [5.41, 5.74) is 1.26. The van der Waals surface area contributed by atoms with Gasteiger partial charge in [-0.1, -0.05) is 59.6 Å². The lowest BCUT2D eigenvalue weighted by molar-refractivity contribution is -0.138. The Kier molecular flexibility index (Phi) is 8.56. The number of carbonyl (C=O) groups is 2. The first-order valence-electron chi connectivity index (χ1n) is 13.1. The molecule has 0 saturated carbocycles. The Bertz CT molecular complexity index is 1980. The third-order valence-electron chi connectivity index (χ3n) is 7.27. The first kappa shape index (κ1) is 31.0. The number of hydrogen-bond donors (Lipinski definition) is 1. The number of fused-ring (bicyclic) bond motifs is 1.